The molecule has 2 aromatic heterocycles. The van der Waals surface area contributed by atoms with Gasteiger partial charge in [-0.05, 0) is 64.7 Å². The number of carbonyl (C=O) groups is 1. The number of amides is 1. The smallest absolute Gasteiger partial charge is 0.221 e. The van der Waals surface area contributed by atoms with Gasteiger partial charge >= 0.3 is 0 Å². The van der Waals surface area contributed by atoms with Crippen molar-refractivity contribution < 1.29 is 13.6 Å². The molecule has 180 valence electrons. The number of pyridine rings is 1. The van der Waals surface area contributed by atoms with Crippen LogP contribution in [-0.4, -0.2) is 15.5 Å². The maximum absolute atomic E-state index is 13.7. The maximum atomic E-state index is 13.7. The highest BCUT2D eigenvalue weighted by atomic mass is 19.1. The number of hydrogen-bond acceptors (Lipinski definition) is 2. The van der Waals surface area contributed by atoms with Gasteiger partial charge in [-0.3, -0.25) is 9.78 Å². The minimum atomic E-state index is -0.321. The highest BCUT2D eigenvalue weighted by molar-refractivity contribution is 5.86. The normalized spacial score (nSPS) is 11.9. The molecule has 0 bridgehead atoms. The number of fused-ring (bicyclic) bond motifs is 1. The van der Waals surface area contributed by atoms with Crippen LogP contribution in [-0.2, 0) is 17.9 Å². The summed E-state index contributed by atoms with van der Waals surface area (Å²) in [4.78, 5) is 17.1. The Morgan fingerprint density at radius 3 is 2.22 bits per heavy atom. The molecule has 0 saturated carbocycles. The molecule has 5 aromatic rings. The van der Waals surface area contributed by atoms with Crippen molar-refractivity contribution in [2.24, 2.45) is 0 Å². The van der Waals surface area contributed by atoms with Crippen LogP contribution in [0.5, 0.6) is 0 Å². The van der Waals surface area contributed by atoms with E-state index in [0.717, 1.165) is 33.2 Å². The first-order valence-corrected chi connectivity index (χ1v) is 11.8. The van der Waals surface area contributed by atoms with Gasteiger partial charge in [0.05, 0.1) is 0 Å². The monoisotopic (exact) mass is 481 g/mol. The van der Waals surface area contributed by atoms with Crippen molar-refractivity contribution in [2.45, 2.75) is 25.4 Å². The van der Waals surface area contributed by atoms with Crippen LogP contribution in [0.15, 0.2) is 104 Å². The summed E-state index contributed by atoms with van der Waals surface area (Å²) in [6.45, 7) is 0.967. The third kappa shape index (κ3) is 5.33. The number of aromatic nitrogens is 2. The number of benzene rings is 3. The van der Waals surface area contributed by atoms with Crippen molar-refractivity contribution in [3.05, 3.63) is 137 Å². The molecule has 0 saturated heterocycles. The minimum Gasteiger partial charge on any atom is -0.352 e. The molecule has 36 heavy (non-hydrogen) atoms. The Bertz CT molecular complexity index is 1460. The van der Waals surface area contributed by atoms with E-state index in [0.29, 0.717) is 13.1 Å². The molecule has 0 aliphatic heterocycles. The maximum Gasteiger partial charge on any atom is 0.221 e. The topological polar surface area (TPSA) is 46.9 Å². The van der Waals surface area contributed by atoms with Crippen LogP contribution >= 0.6 is 0 Å². The second kappa shape index (κ2) is 10.5. The van der Waals surface area contributed by atoms with Crippen molar-refractivity contribution >= 4 is 16.8 Å². The van der Waals surface area contributed by atoms with Crippen LogP contribution in [0.1, 0.15) is 34.6 Å². The zero-order valence-corrected chi connectivity index (χ0v) is 19.6. The van der Waals surface area contributed by atoms with E-state index in [4.69, 9.17) is 0 Å². The summed E-state index contributed by atoms with van der Waals surface area (Å²) < 4.78 is 29.3. The Kier molecular flexibility index (Phi) is 6.85. The average Bonchev–Trinajstić information content (AvgIpc) is 3.27. The van der Waals surface area contributed by atoms with Gasteiger partial charge in [-0.2, -0.15) is 0 Å². The predicted octanol–water partition coefficient (Wildman–Crippen LogP) is 6.20. The Hall–Kier alpha value is -4.32. The van der Waals surface area contributed by atoms with Crippen LogP contribution in [0.3, 0.4) is 0 Å². The quantitative estimate of drug-likeness (QED) is 0.287. The second-order valence-corrected chi connectivity index (χ2v) is 8.80. The first-order chi connectivity index (χ1) is 17.6. The van der Waals surface area contributed by atoms with Crippen molar-refractivity contribution in [3.8, 4) is 0 Å². The summed E-state index contributed by atoms with van der Waals surface area (Å²) >= 11 is 0. The van der Waals surface area contributed by atoms with Gasteiger partial charge in [-0.25, -0.2) is 8.78 Å². The zero-order valence-electron chi connectivity index (χ0n) is 19.6. The number of nitrogens with zero attached hydrogens (tertiary/aromatic N) is 2. The van der Waals surface area contributed by atoms with Crippen molar-refractivity contribution in [1.29, 1.82) is 0 Å². The van der Waals surface area contributed by atoms with E-state index in [1.165, 1.54) is 24.3 Å². The number of halogens is 2. The van der Waals surface area contributed by atoms with E-state index < -0.39 is 0 Å². The van der Waals surface area contributed by atoms with E-state index in [1.54, 1.807) is 36.7 Å². The van der Waals surface area contributed by atoms with E-state index in [1.807, 2.05) is 36.4 Å². The lowest BCUT2D eigenvalue weighted by atomic mass is 9.88. The molecule has 1 unspecified atom stereocenters. The molecule has 0 spiro atoms. The fraction of sp³-hybridized carbons (Fsp3) is 0.133. The second-order valence-electron chi connectivity index (χ2n) is 8.80. The molecule has 2 heterocycles. The molecule has 0 aliphatic carbocycles. The standard InChI is InChI=1S/C30H25F2N3O/c31-24-9-5-22(6-10-24)19-35-20-28(26-3-1-2-4-29(26)35)27(23-7-11-25(32)12-8-23)17-30(36)34-18-21-13-15-33-16-14-21/h1-16,20,27H,17-19H2,(H,34,36). The van der Waals surface area contributed by atoms with E-state index in [-0.39, 0.29) is 29.9 Å². The van der Waals surface area contributed by atoms with Gasteiger partial charge in [0.15, 0.2) is 0 Å². The molecule has 1 N–H and O–H groups in total. The molecule has 0 radical (unpaired) electrons. The third-order valence-electron chi connectivity index (χ3n) is 6.36. The summed E-state index contributed by atoms with van der Waals surface area (Å²) in [6.07, 6.45) is 5.65. The molecule has 3 aromatic carbocycles. The molecule has 5 rings (SSSR count). The van der Waals surface area contributed by atoms with E-state index in [2.05, 4.69) is 21.1 Å². The largest absolute Gasteiger partial charge is 0.352 e. The summed E-state index contributed by atoms with van der Waals surface area (Å²) in [5.41, 5.74) is 4.80. The van der Waals surface area contributed by atoms with Gasteiger partial charge in [0.1, 0.15) is 11.6 Å². The van der Waals surface area contributed by atoms with Crippen LogP contribution < -0.4 is 5.32 Å². The molecule has 0 fully saturated rings. The molecule has 6 heteroatoms. The van der Waals surface area contributed by atoms with Crippen LogP contribution in [0.25, 0.3) is 10.9 Å². The van der Waals surface area contributed by atoms with Gasteiger partial charge < -0.3 is 9.88 Å². The molecule has 1 amide bonds. The number of hydrogen-bond donors (Lipinski definition) is 1. The van der Waals surface area contributed by atoms with Gasteiger partial charge in [0.25, 0.3) is 0 Å². The van der Waals surface area contributed by atoms with Crippen LogP contribution in [0.2, 0.25) is 0 Å². The Balaban J connectivity index is 1.49. The lowest BCUT2D eigenvalue weighted by Gasteiger charge is -2.17. The molecule has 4 nitrogen and oxygen atoms in total. The molecular formula is C30H25F2N3O. The average molecular weight is 482 g/mol. The Labute approximate surface area is 208 Å². The minimum absolute atomic E-state index is 0.100. The van der Waals surface area contributed by atoms with Gasteiger partial charge in [-0.15, -0.1) is 0 Å². The fourth-order valence-corrected chi connectivity index (χ4v) is 4.53. The fourth-order valence-electron chi connectivity index (χ4n) is 4.53. The first-order valence-electron chi connectivity index (χ1n) is 11.8. The van der Waals surface area contributed by atoms with E-state index >= 15 is 0 Å². The lowest BCUT2D eigenvalue weighted by Crippen LogP contribution is -2.25. The van der Waals surface area contributed by atoms with Gasteiger partial charge in [0, 0.05) is 54.9 Å². The van der Waals surface area contributed by atoms with E-state index in [9.17, 15) is 13.6 Å². The predicted molar refractivity (Wildman–Crippen MR) is 136 cm³/mol. The summed E-state index contributed by atoms with van der Waals surface area (Å²) in [5.74, 6) is -0.969. The highest BCUT2D eigenvalue weighted by Gasteiger charge is 2.23. The molecular weight excluding hydrogens is 456 g/mol. The van der Waals surface area contributed by atoms with Gasteiger partial charge in [0.2, 0.25) is 5.91 Å². The number of rotatable bonds is 8. The first kappa shape index (κ1) is 23.4. The van der Waals surface area contributed by atoms with Crippen molar-refractivity contribution in [3.63, 3.8) is 0 Å². The summed E-state index contributed by atoms with van der Waals surface area (Å²) in [7, 11) is 0. The number of para-hydroxylation sites is 1. The molecule has 1 atom stereocenters. The number of carbonyl (C=O) groups excluding carboxylic acids is 1. The van der Waals surface area contributed by atoms with Crippen LogP contribution in [0, 0.1) is 11.6 Å². The SMILES string of the molecule is O=C(CC(c1ccc(F)cc1)c1cn(Cc2ccc(F)cc2)c2ccccc12)NCc1ccncc1. The Morgan fingerprint density at radius 1 is 0.833 bits per heavy atom. The number of nitrogens with one attached hydrogen (secondary N) is 1. The van der Waals surface area contributed by atoms with Gasteiger partial charge in [-0.1, -0.05) is 42.5 Å². The highest BCUT2D eigenvalue weighted by Crippen LogP contribution is 2.35. The summed E-state index contributed by atoms with van der Waals surface area (Å²) in [6, 6.07) is 24.5. The lowest BCUT2D eigenvalue weighted by molar-refractivity contribution is -0.121. The zero-order chi connectivity index (χ0) is 24.9. The van der Waals surface area contributed by atoms with Crippen molar-refractivity contribution in [2.75, 3.05) is 0 Å². The van der Waals surface area contributed by atoms with Crippen molar-refractivity contribution in [1.82, 2.24) is 14.9 Å². The third-order valence-corrected chi connectivity index (χ3v) is 6.36. The van der Waals surface area contributed by atoms with Crippen LogP contribution in [0.4, 0.5) is 8.78 Å². The summed E-state index contributed by atoms with van der Waals surface area (Å²) in [5, 5.41) is 4.02. The molecule has 0 aliphatic rings. The Morgan fingerprint density at radius 2 is 1.50 bits per heavy atom.